The molecule has 0 unspecified atom stereocenters. The summed E-state index contributed by atoms with van der Waals surface area (Å²) in [5.41, 5.74) is 3.64. The van der Waals surface area contributed by atoms with Gasteiger partial charge in [0.05, 0.1) is 17.9 Å². The summed E-state index contributed by atoms with van der Waals surface area (Å²) >= 11 is 0. The highest BCUT2D eigenvalue weighted by molar-refractivity contribution is 6.03. The molecule has 1 saturated heterocycles. The molecule has 2 aromatic carbocycles. The molecule has 2 aromatic rings. The highest BCUT2D eigenvalue weighted by atomic mass is 19.1. The fraction of sp³-hybridized carbons (Fsp3) is 0.452. The number of amides is 2. The zero-order valence-corrected chi connectivity index (χ0v) is 24.6. The SMILES string of the molecule is CC.CC=Nc1cc(OCCOC)cc(F)c1C(Nc1ccc(NC(=O)CC(=O)N2CCCC2)cc1)=C(C)CC. The number of rotatable bonds is 12. The minimum Gasteiger partial charge on any atom is -0.491 e. The van der Waals surface area contributed by atoms with Gasteiger partial charge in [-0.25, -0.2) is 4.39 Å². The van der Waals surface area contributed by atoms with Crippen LogP contribution in [0.3, 0.4) is 0 Å². The Morgan fingerprint density at radius 1 is 1.05 bits per heavy atom. The zero-order chi connectivity index (χ0) is 29.5. The number of anilines is 2. The quantitative estimate of drug-likeness (QED) is 0.171. The van der Waals surface area contributed by atoms with Crippen LogP contribution in [0.1, 0.15) is 65.9 Å². The molecule has 0 radical (unpaired) electrons. The van der Waals surface area contributed by atoms with Gasteiger partial charge in [0.25, 0.3) is 0 Å². The lowest BCUT2D eigenvalue weighted by Gasteiger charge is -2.19. The van der Waals surface area contributed by atoms with Crippen molar-refractivity contribution >= 4 is 40.8 Å². The summed E-state index contributed by atoms with van der Waals surface area (Å²) in [6, 6.07) is 10.1. The van der Waals surface area contributed by atoms with E-state index >= 15 is 4.39 Å². The van der Waals surface area contributed by atoms with Crippen molar-refractivity contribution in [3.63, 3.8) is 0 Å². The van der Waals surface area contributed by atoms with Crippen LogP contribution in [-0.4, -0.2) is 56.3 Å². The number of likely N-dealkylation sites (tertiary alicyclic amines) is 1. The van der Waals surface area contributed by atoms with E-state index in [0.717, 1.165) is 31.5 Å². The first-order valence-electron chi connectivity index (χ1n) is 13.9. The third-order valence-electron chi connectivity index (χ3n) is 6.28. The average Bonchev–Trinajstić information content (AvgIpc) is 3.50. The standard InChI is InChI=1S/C29H37FN4O4.C2H6/c1-5-20(3)29(28-24(30)17-23(38-16-15-37-4)18-25(28)31-6-2)33-22-11-9-21(10-12-22)32-26(35)19-27(36)34-13-7-8-14-34;1-2/h6,9-12,17-18,33H,5,7-8,13-16,19H2,1-4H3,(H,32,35);1-2H3. The predicted octanol–water partition coefficient (Wildman–Crippen LogP) is 6.80. The Morgan fingerprint density at radius 3 is 2.25 bits per heavy atom. The van der Waals surface area contributed by atoms with Crippen LogP contribution in [-0.2, 0) is 14.3 Å². The molecule has 1 aliphatic heterocycles. The van der Waals surface area contributed by atoms with E-state index in [-0.39, 0.29) is 18.2 Å². The number of benzene rings is 2. The first-order chi connectivity index (χ1) is 19.4. The summed E-state index contributed by atoms with van der Waals surface area (Å²) in [6.07, 6.45) is 4.11. The highest BCUT2D eigenvalue weighted by Crippen LogP contribution is 2.36. The number of aliphatic imine (C=N–C) groups is 1. The molecule has 1 aliphatic rings. The fourth-order valence-corrected chi connectivity index (χ4v) is 4.14. The molecule has 218 valence electrons. The van der Waals surface area contributed by atoms with E-state index in [9.17, 15) is 9.59 Å². The molecule has 8 nitrogen and oxygen atoms in total. The molecule has 40 heavy (non-hydrogen) atoms. The first-order valence-corrected chi connectivity index (χ1v) is 13.9. The Balaban J connectivity index is 0.00000274. The molecular weight excluding hydrogens is 511 g/mol. The smallest absolute Gasteiger partial charge is 0.233 e. The van der Waals surface area contributed by atoms with Gasteiger partial charge in [-0.2, -0.15) is 0 Å². The largest absolute Gasteiger partial charge is 0.491 e. The molecule has 0 atom stereocenters. The van der Waals surface area contributed by atoms with Crippen molar-refractivity contribution in [2.24, 2.45) is 4.99 Å². The third-order valence-corrected chi connectivity index (χ3v) is 6.28. The molecule has 0 aromatic heterocycles. The molecule has 0 spiro atoms. The number of carbonyl (C=O) groups is 2. The van der Waals surface area contributed by atoms with E-state index in [1.807, 2.05) is 27.7 Å². The van der Waals surface area contributed by atoms with Crippen molar-refractivity contribution in [1.82, 2.24) is 4.90 Å². The highest BCUT2D eigenvalue weighted by Gasteiger charge is 2.21. The van der Waals surface area contributed by atoms with Crippen LogP contribution in [0.15, 0.2) is 47.0 Å². The predicted molar refractivity (Wildman–Crippen MR) is 161 cm³/mol. The van der Waals surface area contributed by atoms with Gasteiger partial charge < -0.3 is 25.0 Å². The lowest BCUT2D eigenvalue weighted by atomic mass is 10.0. The van der Waals surface area contributed by atoms with E-state index in [4.69, 9.17) is 9.47 Å². The molecule has 1 heterocycles. The van der Waals surface area contributed by atoms with Gasteiger partial charge in [0.2, 0.25) is 11.8 Å². The normalized spacial score (nSPS) is 13.4. The molecule has 1 fully saturated rings. The molecule has 2 amide bonds. The van der Waals surface area contributed by atoms with Crippen molar-refractivity contribution in [3.05, 3.63) is 53.4 Å². The second-order valence-corrected chi connectivity index (χ2v) is 9.05. The topological polar surface area (TPSA) is 92.3 Å². The number of carbonyl (C=O) groups excluding carboxylic acids is 2. The number of nitrogens with one attached hydrogen (secondary N) is 2. The van der Waals surface area contributed by atoms with Gasteiger partial charge in [-0.3, -0.25) is 14.6 Å². The van der Waals surface area contributed by atoms with Crippen molar-refractivity contribution in [3.8, 4) is 5.75 Å². The maximum atomic E-state index is 15.5. The fourth-order valence-electron chi connectivity index (χ4n) is 4.14. The number of nitrogens with zero attached hydrogens (tertiary/aromatic N) is 2. The lowest BCUT2D eigenvalue weighted by molar-refractivity contribution is -0.133. The molecule has 3 rings (SSSR count). The molecule has 0 bridgehead atoms. The summed E-state index contributed by atoms with van der Waals surface area (Å²) in [5, 5.41) is 6.12. The molecule has 0 aliphatic carbocycles. The summed E-state index contributed by atoms with van der Waals surface area (Å²) in [6.45, 7) is 11.8. The van der Waals surface area contributed by atoms with Crippen LogP contribution in [0.2, 0.25) is 0 Å². The second-order valence-electron chi connectivity index (χ2n) is 9.05. The van der Waals surface area contributed by atoms with E-state index in [2.05, 4.69) is 15.6 Å². The van der Waals surface area contributed by atoms with Gasteiger partial charge in [-0.1, -0.05) is 20.8 Å². The van der Waals surface area contributed by atoms with Crippen molar-refractivity contribution in [2.75, 3.05) is 44.0 Å². The molecular formula is C31H43FN4O4. The monoisotopic (exact) mass is 554 g/mol. The van der Waals surface area contributed by atoms with Gasteiger partial charge in [-0.15, -0.1) is 0 Å². The van der Waals surface area contributed by atoms with Crippen LogP contribution >= 0.6 is 0 Å². The third kappa shape index (κ3) is 9.48. The Morgan fingerprint density at radius 2 is 1.68 bits per heavy atom. The maximum Gasteiger partial charge on any atom is 0.233 e. The van der Waals surface area contributed by atoms with Crippen molar-refractivity contribution in [1.29, 1.82) is 0 Å². The minimum atomic E-state index is -0.456. The number of hydrogen-bond acceptors (Lipinski definition) is 6. The van der Waals surface area contributed by atoms with E-state index in [1.54, 1.807) is 55.5 Å². The average molecular weight is 555 g/mol. The van der Waals surface area contributed by atoms with Crippen LogP contribution < -0.4 is 15.4 Å². The first kappa shape index (κ1) is 32.5. The Labute approximate surface area is 237 Å². The number of halogens is 1. The molecule has 0 saturated carbocycles. The van der Waals surface area contributed by atoms with Crippen molar-refractivity contribution < 1.29 is 23.5 Å². The Hall–Kier alpha value is -3.72. The molecule has 9 heteroatoms. The van der Waals surface area contributed by atoms with Gasteiger partial charge >= 0.3 is 0 Å². The number of ether oxygens (including phenoxy) is 2. The van der Waals surface area contributed by atoms with Gasteiger partial charge in [-0.05, 0) is 62.9 Å². The summed E-state index contributed by atoms with van der Waals surface area (Å²) in [4.78, 5) is 30.7. The van der Waals surface area contributed by atoms with Gasteiger partial charge in [0.15, 0.2) is 0 Å². The number of methoxy groups -OCH3 is 1. The minimum absolute atomic E-state index is 0.147. The van der Waals surface area contributed by atoms with E-state index in [0.29, 0.717) is 53.7 Å². The summed E-state index contributed by atoms with van der Waals surface area (Å²) < 4.78 is 26.1. The van der Waals surface area contributed by atoms with Crippen LogP contribution in [0.25, 0.3) is 5.70 Å². The summed E-state index contributed by atoms with van der Waals surface area (Å²) in [5.74, 6) is -0.573. The zero-order valence-electron chi connectivity index (χ0n) is 24.6. The van der Waals surface area contributed by atoms with Crippen LogP contribution in [0.5, 0.6) is 5.75 Å². The molecule has 2 N–H and O–H groups in total. The Kier molecular flexibility index (Phi) is 13.9. The van der Waals surface area contributed by atoms with Crippen LogP contribution in [0.4, 0.5) is 21.5 Å². The lowest BCUT2D eigenvalue weighted by Crippen LogP contribution is -2.31. The van der Waals surface area contributed by atoms with Crippen molar-refractivity contribution in [2.45, 2.75) is 60.3 Å². The number of hydrogen-bond donors (Lipinski definition) is 2. The number of allylic oxidation sites excluding steroid dienone is 1. The second kappa shape index (κ2) is 17.1. The Bertz CT molecular complexity index is 1170. The van der Waals surface area contributed by atoms with Gasteiger partial charge in [0.1, 0.15) is 24.6 Å². The van der Waals surface area contributed by atoms with E-state index in [1.165, 1.54) is 6.07 Å². The summed E-state index contributed by atoms with van der Waals surface area (Å²) in [7, 11) is 1.58. The van der Waals surface area contributed by atoms with Crippen LogP contribution in [0, 0.1) is 5.82 Å². The van der Waals surface area contributed by atoms with E-state index < -0.39 is 5.82 Å². The maximum absolute atomic E-state index is 15.5. The van der Waals surface area contributed by atoms with Gasteiger partial charge in [0, 0.05) is 55.6 Å².